The van der Waals surface area contributed by atoms with Crippen LogP contribution in [0.15, 0.2) is 0 Å². The molecule has 0 aromatic rings. The lowest BCUT2D eigenvalue weighted by Gasteiger charge is -2.39. The van der Waals surface area contributed by atoms with Crippen LogP contribution < -0.4 is 5.32 Å². The maximum Gasteiger partial charge on any atom is 0.408 e. The Morgan fingerprint density at radius 2 is 2.00 bits per heavy atom. The third-order valence-electron chi connectivity index (χ3n) is 5.94. The van der Waals surface area contributed by atoms with Crippen LogP contribution in [0.4, 0.5) is 4.79 Å². The summed E-state index contributed by atoms with van der Waals surface area (Å²) >= 11 is 0. The molecule has 0 aromatic heterocycles. The molecule has 3 rings (SSSR count). The Bertz CT molecular complexity index is 615. The topological polar surface area (TPSA) is 103 Å². The first-order chi connectivity index (χ1) is 12.2. The minimum absolute atomic E-state index is 0.104. The molecule has 144 valence electrons. The van der Waals surface area contributed by atoms with Gasteiger partial charge in [-0.05, 0) is 52.4 Å². The van der Waals surface area contributed by atoms with Gasteiger partial charge in [0.25, 0.3) is 0 Å². The quantitative estimate of drug-likeness (QED) is 0.795. The molecule has 4 atom stereocenters. The van der Waals surface area contributed by atoms with Crippen LogP contribution in [0.3, 0.4) is 0 Å². The van der Waals surface area contributed by atoms with Gasteiger partial charge in [-0.25, -0.2) is 4.79 Å². The lowest BCUT2D eigenvalue weighted by atomic mass is 9.78. The van der Waals surface area contributed by atoms with Crippen LogP contribution in [-0.2, 0) is 9.53 Å². The molecule has 0 spiro atoms. The van der Waals surface area contributed by atoms with Crippen molar-refractivity contribution < 1.29 is 19.4 Å². The van der Waals surface area contributed by atoms with Crippen LogP contribution in [0.25, 0.3) is 0 Å². The van der Waals surface area contributed by atoms with Gasteiger partial charge in [0.15, 0.2) is 0 Å². The predicted molar refractivity (Wildman–Crippen MR) is 93.9 cm³/mol. The van der Waals surface area contributed by atoms with E-state index in [9.17, 15) is 20.0 Å². The molecule has 1 heterocycles. The smallest absolute Gasteiger partial charge is 0.408 e. The normalized spacial score (nSPS) is 30.3. The Labute approximate surface area is 154 Å². The van der Waals surface area contributed by atoms with Gasteiger partial charge >= 0.3 is 6.09 Å². The lowest BCUT2D eigenvalue weighted by Crippen LogP contribution is -2.59. The number of nitrogens with zero attached hydrogens (tertiary/aromatic N) is 2. The third-order valence-corrected chi connectivity index (χ3v) is 5.94. The van der Waals surface area contributed by atoms with Crippen molar-refractivity contribution in [3.05, 3.63) is 0 Å². The van der Waals surface area contributed by atoms with E-state index in [-0.39, 0.29) is 18.6 Å². The van der Waals surface area contributed by atoms with E-state index in [1.165, 1.54) is 0 Å². The molecule has 0 aromatic carbocycles. The number of alkyl carbamates (subject to hydrolysis) is 1. The molecule has 7 heteroatoms. The first-order valence-corrected chi connectivity index (χ1v) is 9.53. The van der Waals surface area contributed by atoms with Crippen LogP contribution in [-0.4, -0.2) is 52.3 Å². The van der Waals surface area contributed by atoms with Crippen LogP contribution in [0, 0.1) is 22.7 Å². The van der Waals surface area contributed by atoms with Crippen molar-refractivity contribution in [2.75, 3.05) is 6.61 Å². The van der Waals surface area contributed by atoms with Crippen LogP contribution >= 0.6 is 0 Å². The molecule has 0 bridgehead atoms. The van der Waals surface area contributed by atoms with Gasteiger partial charge in [-0.3, -0.25) is 4.79 Å². The van der Waals surface area contributed by atoms with E-state index in [4.69, 9.17) is 4.74 Å². The second kappa shape index (κ2) is 6.73. The second-order valence-electron chi connectivity index (χ2n) is 9.00. The Morgan fingerprint density at radius 1 is 1.35 bits per heavy atom. The number of aliphatic hydroxyl groups excluding tert-OH is 1. The van der Waals surface area contributed by atoms with E-state index in [1.807, 2.05) is 0 Å². The molecule has 3 fully saturated rings. The average molecular weight is 363 g/mol. The summed E-state index contributed by atoms with van der Waals surface area (Å²) in [6, 6.07) is 1.03. The Balaban J connectivity index is 1.84. The van der Waals surface area contributed by atoms with Gasteiger partial charge in [0.1, 0.15) is 17.7 Å². The summed E-state index contributed by atoms with van der Waals surface area (Å²) in [4.78, 5) is 27.4. The molecule has 1 aliphatic heterocycles. The Kier molecular flexibility index (Phi) is 4.91. The number of piperidine rings is 1. The molecule has 26 heavy (non-hydrogen) atoms. The van der Waals surface area contributed by atoms with Crippen molar-refractivity contribution in [1.82, 2.24) is 10.2 Å². The molecule has 3 aliphatic rings. The number of likely N-dealkylation sites (tertiary alicyclic amines) is 1. The highest BCUT2D eigenvalue weighted by atomic mass is 16.6. The molecule has 0 radical (unpaired) electrons. The standard InChI is InChI=1S/C19H29N3O4/c1-18(2,3)26-17(25)21-15(19(11-23)6-4-5-7-19)16(24)22-13(10-20)8-12-9-14(12)22/h12-15,23H,4-9,11H2,1-3H3,(H,21,25)/t12-,13+,14+,15?/m1/s1. The highest BCUT2D eigenvalue weighted by Crippen LogP contribution is 2.49. The van der Waals surface area contributed by atoms with Gasteiger partial charge in [0, 0.05) is 11.5 Å². The van der Waals surface area contributed by atoms with E-state index in [0.29, 0.717) is 25.2 Å². The number of ether oxygens (including phenoxy) is 1. The fraction of sp³-hybridized carbons (Fsp3) is 0.842. The lowest BCUT2D eigenvalue weighted by molar-refractivity contribution is -0.139. The molecule has 1 saturated heterocycles. The highest BCUT2D eigenvalue weighted by molar-refractivity contribution is 5.88. The summed E-state index contributed by atoms with van der Waals surface area (Å²) in [5, 5.41) is 22.3. The van der Waals surface area contributed by atoms with Gasteiger partial charge in [0.2, 0.25) is 5.91 Å². The molecular weight excluding hydrogens is 334 g/mol. The molecule has 1 unspecified atom stereocenters. The van der Waals surface area contributed by atoms with Crippen LogP contribution in [0.1, 0.15) is 59.3 Å². The second-order valence-corrected chi connectivity index (χ2v) is 9.00. The fourth-order valence-corrected chi connectivity index (χ4v) is 4.56. The van der Waals surface area contributed by atoms with E-state index in [0.717, 1.165) is 19.3 Å². The molecular formula is C19H29N3O4. The third kappa shape index (κ3) is 3.52. The van der Waals surface area contributed by atoms with E-state index in [1.54, 1.807) is 25.7 Å². The minimum atomic E-state index is -0.861. The average Bonchev–Trinajstić information content (AvgIpc) is 3.01. The largest absolute Gasteiger partial charge is 0.444 e. The number of fused-ring (bicyclic) bond motifs is 1. The van der Waals surface area contributed by atoms with Crippen molar-refractivity contribution >= 4 is 12.0 Å². The number of carbonyl (C=O) groups excluding carboxylic acids is 2. The van der Waals surface area contributed by atoms with Gasteiger partial charge < -0.3 is 20.1 Å². The highest BCUT2D eigenvalue weighted by Gasteiger charge is 2.57. The zero-order valence-corrected chi connectivity index (χ0v) is 15.8. The molecule has 2 aliphatic carbocycles. The van der Waals surface area contributed by atoms with Crippen molar-refractivity contribution in [2.45, 2.75) is 83.0 Å². The molecule has 2 amide bonds. The summed E-state index contributed by atoms with van der Waals surface area (Å²) < 4.78 is 5.35. The molecule has 2 saturated carbocycles. The van der Waals surface area contributed by atoms with Gasteiger partial charge in [-0.2, -0.15) is 5.26 Å². The van der Waals surface area contributed by atoms with Crippen molar-refractivity contribution in [3.8, 4) is 6.07 Å². The predicted octanol–water partition coefficient (Wildman–Crippen LogP) is 1.95. The van der Waals surface area contributed by atoms with Gasteiger partial charge in [-0.1, -0.05) is 12.8 Å². The van der Waals surface area contributed by atoms with Crippen molar-refractivity contribution in [2.24, 2.45) is 11.3 Å². The van der Waals surface area contributed by atoms with Gasteiger partial charge in [-0.15, -0.1) is 0 Å². The maximum absolute atomic E-state index is 13.4. The first-order valence-electron chi connectivity index (χ1n) is 9.53. The summed E-state index contributed by atoms with van der Waals surface area (Å²) in [6.45, 7) is 5.13. The summed E-state index contributed by atoms with van der Waals surface area (Å²) in [6.07, 6.45) is 4.15. The van der Waals surface area contributed by atoms with E-state index >= 15 is 0 Å². The van der Waals surface area contributed by atoms with Crippen molar-refractivity contribution in [1.29, 1.82) is 5.26 Å². The number of amides is 2. The Morgan fingerprint density at radius 3 is 2.54 bits per heavy atom. The first kappa shape index (κ1) is 19.0. The van der Waals surface area contributed by atoms with E-state index in [2.05, 4.69) is 11.4 Å². The summed E-state index contributed by atoms with van der Waals surface area (Å²) in [5.41, 5.74) is -1.36. The number of hydrogen-bond acceptors (Lipinski definition) is 5. The molecule has 2 N–H and O–H groups in total. The SMILES string of the molecule is CC(C)(C)OC(=O)NC(C(=O)N1[C@H](C#N)C[C@@H]2C[C@@H]21)C1(CO)CCCC1. The number of rotatable bonds is 4. The number of nitrogens with one attached hydrogen (secondary N) is 1. The fourth-order valence-electron chi connectivity index (χ4n) is 4.56. The Hall–Kier alpha value is -1.81. The summed E-state index contributed by atoms with van der Waals surface area (Å²) in [5.74, 6) is 0.155. The van der Waals surface area contributed by atoms with Gasteiger partial charge in [0.05, 0.1) is 12.7 Å². The molecule has 7 nitrogen and oxygen atoms in total. The zero-order valence-electron chi connectivity index (χ0n) is 15.8. The maximum atomic E-state index is 13.4. The number of nitriles is 1. The van der Waals surface area contributed by atoms with E-state index < -0.39 is 29.2 Å². The number of carbonyl (C=O) groups is 2. The minimum Gasteiger partial charge on any atom is -0.444 e. The van der Waals surface area contributed by atoms with Crippen molar-refractivity contribution in [3.63, 3.8) is 0 Å². The monoisotopic (exact) mass is 363 g/mol. The summed E-state index contributed by atoms with van der Waals surface area (Å²) in [7, 11) is 0. The number of hydrogen-bond donors (Lipinski definition) is 2. The zero-order chi connectivity index (χ0) is 19.1. The van der Waals surface area contributed by atoms with Crippen LogP contribution in [0.2, 0.25) is 0 Å². The van der Waals surface area contributed by atoms with Crippen LogP contribution in [0.5, 0.6) is 0 Å². The number of aliphatic hydroxyl groups is 1.